The number of fused-ring (bicyclic) bond motifs is 2. The molecular weight excluding hydrogens is 565 g/mol. The van der Waals surface area contributed by atoms with E-state index in [0.717, 1.165) is 42.0 Å². The molecule has 9 heteroatoms. The Kier molecular flexibility index (Phi) is 6.21. The first-order chi connectivity index (χ1) is 16.6. The SMILES string of the molecule is C=C[C@@H]1CN(C(=O)c2cn3cc(C(F)(F)I)cc(C(C)O)c3n2)CC[C@]12Cc1ccccc1CN2. The number of piperidine rings is 1. The van der Waals surface area contributed by atoms with E-state index < -0.39 is 10.0 Å². The van der Waals surface area contributed by atoms with Crippen LogP contribution in [0.25, 0.3) is 5.65 Å². The minimum Gasteiger partial charge on any atom is -0.389 e. The van der Waals surface area contributed by atoms with Crippen LogP contribution in [0.15, 0.2) is 55.4 Å². The number of aliphatic hydroxyl groups excluding tert-OH is 1. The second kappa shape index (κ2) is 8.94. The highest BCUT2D eigenvalue weighted by atomic mass is 127. The van der Waals surface area contributed by atoms with Gasteiger partial charge in [-0.25, -0.2) is 4.98 Å². The van der Waals surface area contributed by atoms with Crippen molar-refractivity contribution in [2.45, 2.75) is 41.9 Å². The topological polar surface area (TPSA) is 69.9 Å². The number of pyridine rings is 1. The molecule has 1 aromatic carbocycles. The van der Waals surface area contributed by atoms with E-state index in [1.807, 2.05) is 12.1 Å². The van der Waals surface area contributed by atoms with Crippen LogP contribution < -0.4 is 5.32 Å². The number of amides is 1. The van der Waals surface area contributed by atoms with Gasteiger partial charge >= 0.3 is 3.93 Å². The number of carbonyl (C=O) groups excluding carboxylic acids is 1. The molecule has 5 rings (SSSR count). The normalized spacial score (nSPS) is 23.3. The minimum atomic E-state index is -3.12. The third kappa shape index (κ3) is 4.38. The fourth-order valence-corrected chi connectivity index (χ4v) is 5.67. The summed E-state index contributed by atoms with van der Waals surface area (Å²) in [7, 11) is 0. The Morgan fingerprint density at radius 1 is 1.37 bits per heavy atom. The van der Waals surface area contributed by atoms with Crippen molar-refractivity contribution < 1.29 is 18.7 Å². The zero-order valence-corrected chi connectivity index (χ0v) is 21.5. The van der Waals surface area contributed by atoms with Crippen molar-refractivity contribution in [2.75, 3.05) is 13.1 Å². The van der Waals surface area contributed by atoms with E-state index in [4.69, 9.17) is 0 Å². The highest BCUT2D eigenvalue weighted by molar-refractivity contribution is 14.1. The van der Waals surface area contributed by atoms with Crippen LogP contribution in [0.3, 0.4) is 0 Å². The number of hydrogen-bond acceptors (Lipinski definition) is 4. The first-order valence-corrected chi connectivity index (χ1v) is 12.7. The number of likely N-dealkylation sites (tertiary alicyclic amines) is 1. The molecule has 3 aromatic rings. The van der Waals surface area contributed by atoms with E-state index in [1.165, 1.54) is 40.9 Å². The van der Waals surface area contributed by atoms with E-state index >= 15 is 0 Å². The number of nitrogens with one attached hydrogen (secondary N) is 1. The molecule has 6 nitrogen and oxygen atoms in total. The minimum absolute atomic E-state index is 0.0444. The summed E-state index contributed by atoms with van der Waals surface area (Å²) in [6.07, 6.45) is 5.28. The number of halogens is 3. The van der Waals surface area contributed by atoms with Crippen LogP contribution in [0.4, 0.5) is 8.78 Å². The summed E-state index contributed by atoms with van der Waals surface area (Å²) in [6.45, 7) is 7.38. The quantitative estimate of drug-likeness (QED) is 0.264. The van der Waals surface area contributed by atoms with Crippen LogP contribution in [0.2, 0.25) is 0 Å². The molecule has 1 unspecified atom stereocenters. The van der Waals surface area contributed by atoms with Crippen LogP contribution in [-0.4, -0.2) is 43.9 Å². The van der Waals surface area contributed by atoms with Gasteiger partial charge in [0.15, 0.2) is 0 Å². The van der Waals surface area contributed by atoms with Gasteiger partial charge in [0.2, 0.25) is 0 Å². The number of nitrogens with zero attached hydrogens (tertiary/aromatic N) is 3. The molecule has 1 amide bonds. The van der Waals surface area contributed by atoms with Crippen LogP contribution in [0.1, 0.15) is 52.2 Å². The van der Waals surface area contributed by atoms with Crippen LogP contribution in [-0.2, 0) is 16.9 Å². The van der Waals surface area contributed by atoms with Gasteiger partial charge < -0.3 is 19.7 Å². The molecular formula is C26H27F2IN4O2. The van der Waals surface area contributed by atoms with Gasteiger partial charge in [0.05, 0.1) is 6.10 Å². The number of rotatable bonds is 4. The second-order valence-electron chi connectivity index (χ2n) is 9.51. The lowest BCUT2D eigenvalue weighted by molar-refractivity contribution is 0.0521. The van der Waals surface area contributed by atoms with Gasteiger partial charge in [-0.3, -0.25) is 4.79 Å². The third-order valence-electron chi connectivity index (χ3n) is 7.36. The van der Waals surface area contributed by atoms with Gasteiger partial charge in [-0.2, -0.15) is 8.78 Å². The monoisotopic (exact) mass is 592 g/mol. The van der Waals surface area contributed by atoms with Gasteiger partial charge in [0.25, 0.3) is 5.91 Å². The number of carbonyl (C=O) groups is 1. The molecule has 2 aromatic heterocycles. The maximum atomic E-state index is 14.0. The van der Waals surface area contributed by atoms with Crippen molar-refractivity contribution in [1.82, 2.24) is 19.6 Å². The van der Waals surface area contributed by atoms with Crippen LogP contribution in [0.5, 0.6) is 0 Å². The fraction of sp³-hybridized carbons (Fsp3) is 0.385. The molecule has 0 bridgehead atoms. The van der Waals surface area contributed by atoms with Crippen molar-refractivity contribution in [1.29, 1.82) is 0 Å². The predicted molar refractivity (Wildman–Crippen MR) is 138 cm³/mol. The Labute approximate surface area is 216 Å². The zero-order chi connectivity index (χ0) is 25.0. The molecule has 0 saturated carbocycles. The molecule has 184 valence electrons. The predicted octanol–water partition coefficient (Wildman–Crippen LogP) is 4.60. The second-order valence-corrected chi connectivity index (χ2v) is 10.9. The molecule has 3 atom stereocenters. The van der Waals surface area contributed by atoms with Gasteiger partial charge in [-0.05, 0) is 37.0 Å². The van der Waals surface area contributed by atoms with Gasteiger partial charge in [-0.1, -0.05) is 30.3 Å². The Hall–Kier alpha value is -2.37. The van der Waals surface area contributed by atoms with E-state index in [9.17, 15) is 18.7 Å². The van der Waals surface area contributed by atoms with E-state index in [-0.39, 0.29) is 34.2 Å². The fourth-order valence-electron chi connectivity index (χ4n) is 5.38. The maximum absolute atomic E-state index is 14.0. The molecule has 2 aliphatic heterocycles. The number of aromatic nitrogens is 2. The Morgan fingerprint density at radius 2 is 2.11 bits per heavy atom. The van der Waals surface area contributed by atoms with E-state index in [1.54, 1.807) is 4.90 Å². The molecule has 1 saturated heterocycles. The smallest absolute Gasteiger partial charge is 0.323 e. The van der Waals surface area contributed by atoms with Gasteiger partial charge in [-0.15, -0.1) is 6.58 Å². The molecule has 1 fully saturated rings. The van der Waals surface area contributed by atoms with E-state index in [0.29, 0.717) is 18.7 Å². The number of benzene rings is 1. The largest absolute Gasteiger partial charge is 0.389 e. The molecule has 1 spiro atoms. The maximum Gasteiger partial charge on any atom is 0.323 e. The number of aliphatic hydroxyl groups is 1. The standard InChI is InChI=1S/C26H27F2IN4O2/c1-3-19-13-32(9-8-25(19)11-17-6-4-5-7-18(17)12-30-25)24(35)22-15-33-14-20(26(27,28)29)10-21(16(2)34)23(33)31-22/h3-7,10,14-16,19,30,34H,1,8-9,11-13H2,2H3/t16?,19-,25+/m1/s1. The van der Waals surface area contributed by atoms with E-state index in [2.05, 4.69) is 35.1 Å². The van der Waals surface area contributed by atoms with Crippen LogP contribution in [0, 0.1) is 5.92 Å². The first-order valence-electron chi connectivity index (χ1n) is 11.6. The number of alkyl halides is 3. The summed E-state index contributed by atoms with van der Waals surface area (Å²) in [4.78, 5) is 19.6. The summed E-state index contributed by atoms with van der Waals surface area (Å²) in [6, 6.07) is 9.66. The molecule has 0 radical (unpaired) electrons. The van der Waals surface area contributed by atoms with Crippen LogP contribution >= 0.6 is 22.6 Å². The highest BCUT2D eigenvalue weighted by Gasteiger charge is 2.44. The lowest BCUT2D eigenvalue weighted by Gasteiger charge is -2.50. The van der Waals surface area contributed by atoms with Crippen molar-refractivity contribution in [3.8, 4) is 0 Å². The summed E-state index contributed by atoms with van der Waals surface area (Å²) >= 11 is 1.06. The Morgan fingerprint density at radius 3 is 2.80 bits per heavy atom. The molecule has 2 aliphatic rings. The Bertz CT molecular complexity index is 1300. The van der Waals surface area contributed by atoms with Crippen molar-refractivity contribution in [3.63, 3.8) is 0 Å². The van der Waals surface area contributed by atoms with Gasteiger partial charge in [0, 0.05) is 77.2 Å². The van der Waals surface area contributed by atoms with Gasteiger partial charge in [0.1, 0.15) is 11.3 Å². The molecule has 35 heavy (non-hydrogen) atoms. The average Bonchev–Trinajstić information content (AvgIpc) is 3.27. The molecule has 4 heterocycles. The number of hydrogen-bond donors (Lipinski definition) is 2. The lowest BCUT2D eigenvalue weighted by Crippen LogP contribution is -2.62. The summed E-state index contributed by atoms with van der Waals surface area (Å²) < 4.78 is 26.3. The summed E-state index contributed by atoms with van der Waals surface area (Å²) in [5.41, 5.74) is 2.93. The number of imidazole rings is 1. The highest BCUT2D eigenvalue weighted by Crippen LogP contribution is 2.38. The van der Waals surface area contributed by atoms with Crippen molar-refractivity contribution in [2.24, 2.45) is 5.92 Å². The van der Waals surface area contributed by atoms with Crippen molar-refractivity contribution in [3.05, 3.63) is 83.3 Å². The lowest BCUT2D eigenvalue weighted by atomic mass is 9.71. The summed E-state index contributed by atoms with van der Waals surface area (Å²) in [5, 5.41) is 13.9. The third-order valence-corrected chi connectivity index (χ3v) is 7.98. The zero-order valence-electron chi connectivity index (χ0n) is 19.3. The Balaban J connectivity index is 1.42. The van der Waals surface area contributed by atoms with Crippen molar-refractivity contribution >= 4 is 34.1 Å². The summed E-state index contributed by atoms with van der Waals surface area (Å²) in [5.74, 6) is -0.214. The molecule has 2 N–H and O–H groups in total. The average molecular weight is 592 g/mol. The first kappa shape index (κ1) is 24.3. The molecule has 0 aliphatic carbocycles.